The molecule has 1 saturated carbocycles. The van der Waals surface area contributed by atoms with E-state index in [1.165, 1.54) is 18.3 Å². The monoisotopic (exact) mass is 268 g/mol. The van der Waals surface area contributed by atoms with Crippen molar-refractivity contribution in [3.8, 4) is 0 Å². The van der Waals surface area contributed by atoms with E-state index >= 15 is 0 Å². The molecule has 0 aromatic carbocycles. The van der Waals surface area contributed by atoms with Crippen molar-refractivity contribution in [3.63, 3.8) is 0 Å². The van der Waals surface area contributed by atoms with Crippen LogP contribution >= 0.6 is 11.8 Å². The van der Waals surface area contributed by atoms with E-state index in [9.17, 15) is 9.18 Å². The SMILES string of the molecule is CS[C@@H]1CCC[C@H]1N(C)C(=O)c1ccc(F)nc1. The molecule has 0 spiro atoms. The second kappa shape index (κ2) is 5.69. The molecule has 98 valence electrons. The predicted molar refractivity (Wildman–Crippen MR) is 71.2 cm³/mol. The highest BCUT2D eigenvalue weighted by molar-refractivity contribution is 7.99. The number of hydrogen-bond donors (Lipinski definition) is 0. The summed E-state index contributed by atoms with van der Waals surface area (Å²) >= 11 is 1.81. The first-order valence-corrected chi connectivity index (χ1v) is 7.33. The molecule has 1 fully saturated rings. The minimum absolute atomic E-state index is 0.0755. The topological polar surface area (TPSA) is 33.2 Å². The van der Waals surface area contributed by atoms with Crippen LogP contribution in [-0.2, 0) is 0 Å². The summed E-state index contributed by atoms with van der Waals surface area (Å²) in [4.78, 5) is 17.6. The Hall–Kier alpha value is -1.10. The lowest BCUT2D eigenvalue weighted by Crippen LogP contribution is -2.40. The van der Waals surface area contributed by atoms with Gasteiger partial charge in [0, 0.05) is 24.5 Å². The Morgan fingerprint density at radius 1 is 1.50 bits per heavy atom. The molecule has 18 heavy (non-hydrogen) atoms. The Morgan fingerprint density at radius 3 is 2.89 bits per heavy atom. The Balaban J connectivity index is 2.11. The van der Waals surface area contributed by atoms with Crippen LogP contribution < -0.4 is 0 Å². The summed E-state index contributed by atoms with van der Waals surface area (Å²) in [6, 6.07) is 2.99. The lowest BCUT2D eigenvalue weighted by Gasteiger charge is -2.28. The molecule has 2 rings (SSSR count). The van der Waals surface area contributed by atoms with Gasteiger partial charge in [0.25, 0.3) is 5.91 Å². The van der Waals surface area contributed by atoms with Gasteiger partial charge < -0.3 is 4.90 Å². The zero-order valence-electron chi connectivity index (χ0n) is 10.6. The molecule has 1 amide bonds. The average molecular weight is 268 g/mol. The van der Waals surface area contributed by atoms with Crippen LogP contribution in [0.5, 0.6) is 0 Å². The Kier molecular flexibility index (Phi) is 4.22. The van der Waals surface area contributed by atoms with Crippen LogP contribution in [0.15, 0.2) is 18.3 Å². The second-order valence-electron chi connectivity index (χ2n) is 4.56. The number of rotatable bonds is 3. The van der Waals surface area contributed by atoms with E-state index in [4.69, 9.17) is 0 Å². The lowest BCUT2D eigenvalue weighted by atomic mass is 10.2. The number of thioether (sulfide) groups is 1. The highest BCUT2D eigenvalue weighted by atomic mass is 32.2. The Labute approximate surface area is 111 Å². The van der Waals surface area contributed by atoms with E-state index in [0.29, 0.717) is 10.8 Å². The third-order valence-electron chi connectivity index (χ3n) is 3.51. The molecular weight excluding hydrogens is 251 g/mol. The number of hydrogen-bond acceptors (Lipinski definition) is 3. The minimum Gasteiger partial charge on any atom is -0.338 e. The van der Waals surface area contributed by atoms with Gasteiger partial charge in [-0.2, -0.15) is 16.2 Å². The van der Waals surface area contributed by atoms with Gasteiger partial charge in [-0.3, -0.25) is 4.79 Å². The van der Waals surface area contributed by atoms with Crippen LogP contribution in [0.3, 0.4) is 0 Å². The highest BCUT2D eigenvalue weighted by Gasteiger charge is 2.32. The summed E-state index contributed by atoms with van der Waals surface area (Å²) < 4.78 is 12.7. The van der Waals surface area contributed by atoms with Crippen molar-refractivity contribution in [2.45, 2.75) is 30.6 Å². The van der Waals surface area contributed by atoms with E-state index < -0.39 is 5.95 Å². The van der Waals surface area contributed by atoms with Gasteiger partial charge in [0.1, 0.15) is 0 Å². The third kappa shape index (κ3) is 2.66. The molecular formula is C13H17FN2OS. The van der Waals surface area contributed by atoms with Crippen molar-refractivity contribution in [1.82, 2.24) is 9.88 Å². The normalized spacial score (nSPS) is 23.1. The first-order chi connectivity index (χ1) is 8.63. The number of pyridine rings is 1. The fraction of sp³-hybridized carbons (Fsp3) is 0.538. The summed E-state index contributed by atoms with van der Waals surface area (Å²) in [6.45, 7) is 0. The van der Waals surface area contributed by atoms with Gasteiger partial charge in [-0.25, -0.2) is 4.98 Å². The summed E-state index contributed by atoms with van der Waals surface area (Å²) in [6.07, 6.45) is 6.75. The molecule has 1 aliphatic carbocycles. The van der Waals surface area contributed by atoms with Crippen LogP contribution in [0.2, 0.25) is 0 Å². The predicted octanol–water partition coefficient (Wildman–Crippen LogP) is 2.58. The van der Waals surface area contributed by atoms with Crippen molar-refractivity contribution in [2.24, 2.45) is 0 Å². The largest absolute Gasteiger partial charge is 0.338 e. The fourth-order valence-corrected chi connectivity index (χ4v) is 3.52. The van der Waals surface area contributed by atoms with E-state index in [2.05, 4.69) is 11.2 Å². The molecule has 1 aliphatic rings. The second-order valence-corrected chi connectivity index (χ2v) is 5.63. The van der Waals surface area contributed by atoms with Crippen LogP contribution in [0.4, 0.5) is 4.39 Å². The lowest BCUT2D eigenvalue weighted by molar-refractivity contribution is 0.0738. The quantitative estimate of drug-likeness (QED) is 0.790. The maximum absolute atomic E-state index is 12.7. The van der Waals surface area contributed by atoms with E-state index in [0.717, 1.165) is 19.3 Å². The molecule has 2 atom stereocenters. The maximum Gasteiger partial charge on any atom is 0.255 e. The fourth-order valence-electron chi connectivity index (χ4n) is 2.48. The molecule has 5 heteroatoms. The maximum atomic E-state index is 12.7. The third-order valence-corrected chi connectivity index (χ3v) is 4.67. The molecule has 0 bridgehead atoms. The van der Waals surface area contributed by atoms with Gasteiger partial charge in [-0.1, -0.05) is 6.42 Å². The molecule has 1 aromatic rings. The Bertz CT molecular complexity index is 424. The zero-order valence-corrected chi connectivity index (χ0v) is 11.4. The van der Waals surface area contributed by atoms with Gasteiger partial charge in [-0.05, 0) is 31.2 Å². The van der Waals surface area contributed by atoms with Crippen LogP contribution in [0, 0.1) is 5.95 Å². The molecule has 0 unspecified atom stereocenters. The van der Waals surface area contributed by atoms with Crippen molar-refractivity contribution in [1.29, 1.82) is 0 Å². The smallest absolute Gasteiger partial charge is 0.255 e. The van der Waals surface area contributed by atoms with Crippen molar-refractivity contribution < 1.29 is 9.18 Å². The van der Waals surface area contributed by atoms with Crippen LogP contribution in [-0.4, -0.2) is 40.4 Å². The first-order valence-electron chi connectivity index (χ1n) is 6.05. The van der Waals surface area contributed by atoms with Gasteiger partial charge >= 0.3 is 0 Å². The van der Waals surface area contributed by atoms with Gasteiger partial charge in [0.15, 0.2) is 0 Å². The molecule has 1 heterocycles. The molecule has 0 N–H and O–H groups in total. The van der Waals surface area contributed by atoms with E-state index in [1.807, 2.05) is 18.8 Å². The highest BCUT2D eigenvalue weighted by Crippen LogP contribution is 2.32. The number of carbonyl (C=O) groups excluding carboxylic acids is 1. The zero-order chi connectivity index (χ0) is 13.1. The molecule has 3 nitrogen and oxygen atoms in total. The summed E-state index contributed by atoms with van der Waals surface area (Å²) in [7, 11) is 1.82. The number of amides is 1. The average Bonchev–Trinajstić information content (AvgIpc) is 2.86. The Morgan fingerprint density at radius 2 is 2.28 bits per heavy atom. The van der Waals surface area contributed by atoms with Crippen molar-refractivity contribution >= 4 is 17.7 Å². The van der Waals surface area contributed by atoms with Crippen LogP contribution in [0.25, 0.3) is 0 Å². The molecule has 0 aliphatic heterocycles. The first kappa shape index (κ1) is 13.3. The molecule has 1 aromatic heterocycles. The standard InChI is InChI=1S/C13H17FN2OS/c1-16(10-4-3-5-11(10)18-2)13(17)9-6-7-12(14)15-8-9/h6-8,10-11H,3-5H2,1-2H3/t10-,11-/m1/s1. The number of nitrogens with zero attached hydrogens (tertiary/aromatic N) is 2. The minimum atomic E-state index is -0.558. The van der Waals surface area contributed by atoms with Gasteiger partial charge in [0.05, 0.1) is 5.56 Å². The van der Waals surface area contributed by atoms with Gasteiger partial charge in [0.2, 0.25) is 5.95 Å². The summed E-state index contributed by atoms with van der Waals surface area (Å²) in [5.74, 6) is -0.634. The van der Waals surface area contributed by atoms with E-state index in [1.54, 1.807) is 4.90 Å². The van der Waals surface area contributed by atoms with Crippen molar-refractivity contribution in [2.75, 3.05) is 13.3 Å². The number of aromatic nitrogens is 1. The number of carbonyl (C=O) groups is 1. The summed E-state index contributed by atoms with van der Waals surface area (Å²) in [5, 5.41) is 0.507. The van der Waals surface area contributed by atoms with Crippen molar-refractivity contribution in [3.05, 3.63) is 29.8 Å². The van der Waals surface area contributed by atoms with E-state index in [-0.39, 0.29) is 11.9 Å². The molecule has 0 radical (unpaired) electrons. The van der Waals surface area contributed by atoms with Gasteiger partial charge in [-0.15, -0.1) is 0 Å². The summed E-state index contributed by atoms with van der Waals surface area (Å²) in [5.41, 5.74) is 0.450. The number of halogens is 1. The van der Waals surface area contributed by atoms with Crippen LogP contribution in [0.1, 0.15) is 29.6 Å². The molecule has 0 saturated heterocycles.